The van der Waals surface area contributed by atoms with Crippen molar-refractivity contribution >= 4 is 5.97 Å². The van der Waals surface area contributed by atoms with E-state index in [1.807, 2.05) is 0 Å². The van der Waals surface area contributed by atoms with Crippen LogP contribution >= 0.6 is 0 Å². The lowest BCUT2D eigenvalue weighted by Crippen LogP contribution is -2.37. The van der Waals surface area contributed by atoms with Gasteiger partial charge >= 0.3 is 5.97 Å². The number of ether oxygens (including phenoxy) is 2. The SMILES string of the molecule is COC(=O)C(N)COc1ccc(F)cc1C. The molecular weight excluding hydrogens is 213 g/mol. The van der Waals surface area contributed by atoms with Crippen LogP contribution in [0.2, 0.25) is 0 Å². The van der Waals surface area contributed by atoms with E-state index in [2.05, 4.69) is 4.74 Å². The molecule has 0 heterocycles. The quantitative estimate of drug-likeness (QED) is 0.780. The lowest BCUT2D eigenvalue weighted by atomic mass is 10.2. The molecule has 1 aromatic carbocycles. The van der Waals surface area contributed by atoms with Gasteiger partial charge < -0.3 is 15.2 Å². The van der Waals surface area contributed by atoms with Crippen molar-refractivity contribution in [1.29, 1.82) is 0 Å². The first-order chi connectivity index (χ1) is 7.54. The van der Waals surface area contributed by atoms with Crippen molar-refractivity contribution in [2.75, 3.05) is 13.7 Å². The summed E-state index contributed by atoms with van der Waals surface area (Å²) < 4.78 is 22.5. The standard InChI is InChI=1S/C11H14FNO3/c1-7-5-8(12)3-4-10(7)16-6-9(13)11(14)15-2/h3-5,9H,6,13H2,1-2H3. The molecule has 88 valence electrons. The van der Waals surface area contributed by atoms with Gasteiger partial charge in [0.05, 0.1) is 7.11 Å². The number of hydrogen-bond acceptors (Lipinski definition) is 4. The van der Waals surface area contributed by atoms with Gasteiger partial charge in [0.1, 0.15) is 24.2 Å². The summed E-state index contributed by atoms with van der Waals surface area (Å²) in [5, 5.41) is 0. The first-order valence-electron chi connectivity index (χ1n) is 4.77. The molecule has 0 radical (unpaired) electrons. The zero-order valence-corrected chi connectivity index (χ0v) is 9.20. The second-order valence-electron chi connectivity index (χ2n) is 3.35. The normalized spacial score (nSPS) is 12.0. The van der Waals surface area contributed by atoms with Gasteiger partial charge in [-0.25, -0.2) is 4.39 Å². The van der Waals surface area contributed by atoms with Crippen LogP contribution in [-0.2, 0) is 9.53 Å². The molecule has 0 saturated heterocycles. The molecule has 2 N–H and O–H groups in total. The van der Waals surface area contributed by atoms with E-state index in [1.54, 1.807) is 6.92 Å². The van der Waals surface area contributed by atoms with Gasteiger partial charge in [-0.1, -0.05) is 0 Å². The Labute approximate surface area is 93.2 Å². The van der Waals surface area contributed by atoms with E-state index >= 15 is 0 Å². The summed E-state index contributed by atoms with van der Waals surface area (Å²) in [5.74, 6) is -0.373. The Kier molecular flexibility index (Phi) is 4.25. The highest BCUT2D eigenvalue weighted by Crippen LogP contribution is 2.18. The molecule has 1 rings (SSSR count). The van der Waals surface area contributed by atoms with Gasteiger partial charge in [0, 0.05) is 0 Å². The van der Waals surface area contributed by atoms with E-state index in [0.29, 0.717) is 11.3 Å². The molecule has 0 bridgehead atoms. The van der Waals surface area contributed by atoms with Crippen molar-refractivity contribution in [2.45, 2.75) is 13.0 Å². The highest BCUT2D eigenvalue weighted by molar-refractivity contribution is 5.75. The van der Waals surface area contributed by atoms with E-state index in [4.69, 9.17) is 10.5 Å². The van der Waals surface area contributed by atoms with Crippen molar-refractivity contribution in [3.63, 3.8) is 0 Å². The molecular formula is C11H14FNO3. The Morgan fingerprint density at radius 1 is 1.56 bits per heavy atom. The highest BCUT2D eigenvalue weighted by Gasteiger charge is 2.14. The first kappa shape index (κ1) is 12.4. The molecule has 4 nitrogen and oxygen atoms in total. The summed E-state index contributed by atoms with van der Waals surface area (Å²) in [6.45, 7) is 1.71. The van der Waals surface area contributed by atoms with Crippen molar-refractivity contribution in [1.82, 2.24) is 0 Å². The fraction of sp³-hybridized carbons (Fsp3) is 0.364. The topological polar surface area (TPSA) is 61.5 Å². The number of methoxy groups -OCH3 is 1. The summed E-state index contributed by atoms with van der Waals surface area (Å²) in [4.78, 5) is 11.0. The Morgan fingerprint density at radius 2 is 2.25 bits per heavy atom. The van der Waals surface area contributed by atoms with Crippen molar-refractivity contribution < 1.29 is 18.7 Å². The number of hydrogen-bond donors (Lipinski definition) is 1. The van der Waals surface area contributed by atoms with Crippen LogP contribution in [0, 0.1) is 12.7 Å². The zero-order valence-electron chi connectivity index (χ0n) is 9.20. The van der Waals surface area contributed by atoms with Gasteiger partial charge in [0.15, 0.2) is 0 Å². The number of nitrogens with two attached hydrogens (primary N) is 1. The second-order valence-corrected chi connectivity index (χ2v) is 3.35. The van der Waals surface area contributed by atoms with Gasteiger partial charge in [-0.2, -0.15) is 0 Å². The van der Waals surface area contributed by atoms with Gasteiger partial charge in [0.25, 0.3) is 0 Å². The minimum absolute atomic E-state index is 0.000848. The number of halogens is 1. The third-order valence-corrected chi connectivity index (χ3v) is 2.06. The minimum atomic E-state index is -0.838. The molecule has 0 aromatic heterocycles. The Bertz CT molecular complexity index is 381. The van der Waals surface area contributed by atoms with Gasteiger partial charge in [0.2, 0.25) is 0 Å². The number of benzene rings is 1. The molecule has 0 aliphatic carbocycles. The van der Waals surface area contributed by atoms with Gasteiger partial charge in [-0.15, -0.1) is 0 Å². The van der Waals surface area contributed by atoms with Crippen LogP contribution in [-0.4, -0.2) is 25.7 Å². The summed E-state index contributed by atoms with van der Waals surface area (Å²) in [6, 6.07) is 3.29. The number of rotatable bonds is 4. The average molecular weight is 227 g/mol. The fourth-order valence-corrected chi connectivity index (χ4v) is 1.17. The molecule has 1 atom stereocenters. The first-order valence-corrected chi connectivity index (χ1v) is 4.77. The van der Waals surface area contributed by atoms with Crippen LogP contribution in [0.25, 0.3) is 0 Å². The lowest BCUT2D eigenvalue weighted by Gasteiger charge is -2.12. The number of carbonyl (C=O) groups excluding carboxylic acids is 1. The van der Waals surface area contributed by atoms with E-state index in [-0.39, 0.29) is 12.4 Å². The summed E-state index contributed by atoms with van der Waals surface area (Å²) >= 11 is 0. The second kappa shape index (κ2) is 5.46. The van der Waals surface area contributed by atoms with Crippen LogP contribution < -0.4 is 10.5 Å². The predicted octanol–water partition coefficient (Wildman–Crippen LogP) is 1.01. The summed E-state index contributed by atoms with van der Waals surface area (Å²) in [6.07, 6.45) is 0. The number of esters is 1. The van der Waals surface area contributed by atoms with Crippen LogP contribution in [0.4, 0.5) is 4.39 Å². The molecule has 5 heteroatoms. The van der Waals surface area contributed by atoms with Gasteiger partial charge in [-0.05, 0) is 30.7 Å². The maximum absolute atomic E-state index is 12.8. The van der Waals surface area contributed by atoms with Crippen LogP contribution in [0.5, 0.6) is 5.75 Å². The zero-order chi connectivity index (χ0) is 12.1. The largest absolute Gasteiger partial charge is 0.491 e. The van der Waals surface area contributed by atoms with E-state index in [9.17, 15) is 9.18 Å². The Morgan fingerprint density at radius 3 is 2.81 bits per heavy atom. The van der Waals surface area contributed by atoms with Crippen molar-refractivity contribution in [2.24, 2.45) is 5.73 Å². The monoisotopic (exact) mass is 227 g/mol. The smallest absolute Gasteiger partial charge is 0.326 e. The third kappa shape index (κ3) is 3.20. The van der Waals surface area contributed by atoms with E-state index in [1.165, 1.54) is 25.3 Å². The third-order valence-electron chi connectivity index (χ3n) is 2.06. The fourth-order valence-electron chi connectivity index (χ4n) is 1.17. The van der Waals surface area contributed by atoms with Crippen LogP contribution in [0.1, 0.15) is 5.56 Å². The van der Waals surface area contributed by atoms with E-state index < -0.39 is 12.0 Å². The molecule has 0 amide bonds. The molecule has 0 aliphatic heterocycles. The average Bonchev–Trinajstić information content (AvgIpc) is 2.26. The molecule has 0 aliphatic rings. The Hall–Kier alpha value is -1.62. The number of carbonyl (C=O) groups is 1. The molecule has 0 spiro atoms. The molecule has 1 unspecified atom stereocenters. The minimum Gasteiger partial charge on any atom is -0.491 e. The maximum atomic E-state index is 12.8. The Balaban J connectivity index is 2.58. The van der Waals surface area contributed by atoms with Crippen molar-refractivity contribution in [3.05, 3.63) is 29.6 Å². The van der Waals surface area contributed by atoms with Crippen LogP contribution in [0.3, 0.4) is 0 Å². The molecule has 0 fully saturated rings. The lowest BCUT2D eigenvalue weighted by molar-refractivity contribution is -0.142. The van der Waals surface area contributed by atoms with Crippen LogP contribution in [0.15, 0.2) is 18.2 Å². The number of aryl methyl sites for hydroxylation is 1. The summed E-state index contributed by atoms with van der Waals surface area (Å²) in [7, 11) is 1.26. The summed E-state index contributed by atoms with van der Waals surface area (Å²) in [5.41, 5.74) is 6.13. The molecule has 1 aromatic rings. The molecule has 0 saturated carbocycles. The molecule has 16 heavy (non-hydrogen) atoms. The van der Waals surface area contributed by atoms with Gasteiger partial charge in [-0.3, -0.25) is 4.79 Å². The van der Waals surface area contributed by atoms with E-state index in [0.717, 1.165) is 0 Å². The highest BCUT2D eigenvalue weighted by atomic mass is 19.1. The maximum Gasteiger partial charge on any atom is 0.326 e. The predicted molar refractivity (Wildman–Crippen MR) is 56.6 cm³/mol. The van der Waals surface area contributed by atoms with Crippen molar-refractivity contribution in [3.8, 4) is 5.75 Å².